The molecule has 4 rings (SSSR count). The second-order valence-electron chi connectivity index (χ2n) is 4.82. The minimum absolute atomic E-state index is 0.185. The van der Waals surface area contributed by atoms with Crippen molar-refractivity contribution in [2.45, 2.75) is 6.04 Å². The maximum absolute atomic E-state index is 6.30. The Morgan fingerprint density at radius 3 is 2.91 bits per heavy atom. The third kappa shape index (κ3) is 2.19. The molecule has 0 fully saturated rings. The maximum Gasteiger partial charge on any atom is 0.226 e. The van der Waals surface area contributed by atoms with Gasteiger partial charge >= 0.3 is 0 Å². The molecule has 0 spiro atoms. The molecule has 0 unspecified atom stereocenters. The summed E-state index contributed by atoms with van der Waals surface area (Å²) < 4.78 is 7.27. The Morgan fingerprint density at radius 2 is 2.14 bits per heavy atom. The monoisotopic (exact) mass is 332 g/mol. The van der Waals surface area contributed by atoms with Gasteiger partial charge in [-0.1, -0.05) is 23.2 Å². The zero-order chi connectivity index (χ0) is 15.1. The van der Waals surface area contributed by atoms with Crippen LogP contribution in [0.25, 0.3) is 5.70 Å². The van der Waals surface area contributed by atoms with Crippen LogP contribution in [0.1, 0.15) is 17.4 Å². The Bertz CT molecular complexity index is 854. The molecule has 0 saturated heterocycles. The summed E-state index contributed by atoms with van der Waals surface area (Å²) in [6, 6.07) is 8.94. The molecule has 0 aliphatic carbocycles. The number of hydrogen-bond donors (Lipinski definition) is 1. The van der Waals surface area contributed by atoms with E-state index in [4.69, 9.17) is 27.6 Å². The zero-order valence-corrected chi connectivity index (χ0v) is 12.7. The number of anilines is 1. The lowest BCUT2D eigenvalue weighted by Gasteiger charge is -2.23. The predicted molar refractivity (Wildman–Crippen MR) is 84.9 cm³/mol. The first kappa shape index (κ1) is 13.4. The summed E-state index contributed by atoms with van der Waals surface area (Å²) in [4.78, 5) is 4.23. The summed E-state index contributed by atoms with van der Waals surface area (Å²) in [6.45, 7) is 0. The van der Waals surface area contributed by atoms with Crippen molar-refractivity contribution in [3.8, 4) is 0 Å². The number of nitrogens with one attached hydrogen (secondary N) is 1. The number of halogens is 2. The highest BCUT2D eigenvalue weighted by Gasteiger charge is 2.25. The molecule has 1 aromatic carbocycles. The minimum Gasteiger partial charge on any atom is -0.467 e. The number of benzene rings is 1. The summed E-state index contributed by atoms with van der Waals surface area (Å²) in [7, 11) is 0. The van der Waals surface area contributed by atoms with Gasteiger partial charge in [0.2, 0.25) is 5.95 Å². The zero-order valence-electron chi connectivity index (χ0n) is 11.2. The fourth-order valence-electron chi connectivity index (χ4n) is 2.46. The van der Waals surface area contributed by atoms with E-state index in [1.165, 1.54) is 6.33 Å². The van der Waals surface area contributed by atoms with Gasteiger partial charge in [0.25, 0.3) is 0 Å². The fourth-order valence-corrected chi connectivity index (χ4v) is 2.97. The Morgan fingerprint density at radius 1 is 1.23 bits per heavy atom. The fraction of sp³-hybridized carbons (Fsp3) is 0.0667. The number of allylic oxidation sites excluding steroid dienone is 1. The van der Waals surface area contributed by atoms with Gasteiger partial charge < -0.3 is 9.73 Å². The van der Waals surface area contributed by atoms with Crippen LogP contribution in [0, 0.1) is 0 Å². The van der Waals surface area contributed by atoms with Crippen LogP contribution in [0.2, 0.25) is 10.0 Å². The predicted octanol–water partition coefficient (Wildman–Crippen LogP) is 4.23. The van der Waals surface area contributed by atoms with E-state index < -0.39 is 0 Å². The van der Waals surface area contributed by atoms with Crippen molar-refractivity contribution < 1.29 is 4.42 Å². The molecule has 1 aliphatic heterocycles. The number of aromatic nitrogens is 3. The molecule has 1 atom stereocenters. The number of fused-ring (bicyclic) bond motifs is 1. The molecule has 0 radical (unpaired) electrons. The van der Waals surface area contributed by atoms with E-state index in [2.05, 4.69) is 15.4 Å². The molecule has 0 amide bonds. The third-order valence-electron chi connectivity index (χ3n) is 3.46. The second kappa shape index (κ2) is 5.19. The number of hydrogen-bond acceptors (Lipinski definition) is 4. The van der Waals surface area contributed by atoms with Crippen molar-refractivity contribution in [3.05, 3.63) is 70.4 Å². The van der Waals surface area contributed by atoms with Gasteiger partial charge in [-0.25, -0.2) is 4.68 Å². The van der Waals surface area contributed by atoms with Crippen molar-refractivity contribution in [1.29, 1.82) is 0 Å². The molecule has 110 valence electrons. The summed E-state index contributed by atoms with van der Waals surface area (Å²) in [6.07, 6.45) is 5.13. The molecule has 2 aromatic heterocycles. The van der Waals surface area contributed by atoms with Crippen LogP contribution in [0.4, 0.5) is 5.95 Å². The smallest absolute Gasteiger partial charge is 0.226 e. The van der Waals surface area contributed by atoms with Crippen molar-refractivity contribution in [2.75, 3.05) is 5.32 Å². The Labute approximate surface area is 136 Å². The highest BCUT2D eigenvalue weighted by atomic mass is 35.5. The maximum atomic E-state index is 6.30. The summed E-state index contributed by atoms with van der Waals surface area (Å²) >= 11 is 12.3. The Hall–Kier alpha value is -2.24. The Kier molecular flexibility index (Phi) is 3.17. The molecule has 3 heterocycles. The topological polar surface area (TPSA) is 55.9 Å². The van der Waals surface area contributed by atoms with Gasteiger partial charge in [-0.15, -0.1) is 0 Å². The molecule has 0 saturated carbocycles. The molecular weight excluding hydrogens is 323 g/mol. The van der Waals surface area contributed by atoms with Gasteiger partial charge in [0.05, 0.1) is 11.3 Å². The van der Waals surface area contributed by atoms with E-state index in [9.17, 15) is 0 Å². The van der Waals surface area contributed by atoms with Crippen LogP contribution in [-0.2, 0) is 0 Å². The number of furan rings is 1. The van der Waals surface area contributed by atoms with Crippen LogP contribution >= 0.6 is 23.2 Å². The van der Waals surface area contributed by atoms with Gasteiger partial charge in [0, 0.05) is 16.3 Å². The molecular formula is C15H10Cl2N4O. The average molecular weight is 333 g/mol. The van der Waals surface area contributed by atoms with E-state index in [0.717, 1.165) is 17.0 Å². The lowest BCUT2D eigenvalue weighted by Crippen LogP contribution is -2.20. The number of rotatable bonds is 2. The van der Waals surface area contributed by atoms with Crippen molar-refractivity contribution >= 4 is 34.8 Å². The summed E-state index contributed by atoms with van der Waals surface area (Å²) in [5.41, 5.74) is 1.68. The Balaban J connectivity index is 1.83. The molecule has 22 heavy (non-hydrogen) atoms. The summed E-state index contributed by atoms with van der Waals surface area (Å²) in [5.74, 6) is 1.40. The van der Waals surface area contributed by atoms with Crippen LogP contribution < -0.4 is 5.32 Å². The highest BCUT2D eigenvalue weighted by molar-refractivity contribution is 6.35. The second-order valence-corrected chi connectivity index (χ2v) is 5.66. The molecule has 3 aromatic rings. The lowest BCUT2D eigenvalue weighted by atomic mass is 10.1. The van der Waals surface area contributed by atoms with E-state index in [1.807, 2.05) is 24.3 Å². The average Bonchev–Trinajstić information content (AvgIpc) is 3.17. The third-order valence-corrected chi connectivity index (χ3v) is 4.01. The van der Waals surface area contributed by atoms with Gasteiger partial charge in [-0.3, -0.25) is 0 Å². The first-order valence-electron chi connectivity index (χ1n) is 6.59. The van der Waals surface area contributed by atoms with Gasteiger partial charge in [0.15, 0.2) is 0 Å². The van der Waals surface area contributed by atoms with Gasteiger partial charge in [0.1, 0.15) is 18.1 Å². The first-order chi connectivity index (χ1) is 10.7. The van der Waals surface area contributed by atoms with Crippen LogP contribution in [0.15, 0.2) is 53.4 Å². The summed E-state index contributed by atoms with van der Waals surface area (Å²) in [5, 5.41) is 8.63. The van der Waals surface area contributed by atoms with Crippen molar-refractivity contribution in [1.82, 2.24) is 14.8 Å². The van der Waals surface area contributed by atoms with E-state index in [1.54, 1.807) is 23.1 Å². The van der Waals surface area contributed by atoms with Gasteiger partial charge in [-0.2, -0.15) is 10.1 Å². The largest absolute Gasteiger partial charge is 0.467 e. The molecule has 0 bridgehead atoms. The van der Waals surface area contributed by atoms with Crippen molar-refractivity contribution in [2.24, 2.45) is 0 Å². The van der Waals surface area contributed by atoms with E-state index in [0.29, 0.717) is 16.0 Å². The van der Waals surface area contributed by atoms with Crippen molar-refractivity contribution in [3.63, 3.8) is 0 Å². The van der Waals surface area contributed by atoms with Crippen LogP contribution in [0.5, 0.6) is 0 Å². The van der Waals surface area contributed by atoms with E-state index in [-0.39, 0.29) is 6.04 Å². The van der Waals surface area contributed by atoms with Gasteiger partial charge in [-0.05, 0) is 36.4 Å². The van der Waals surface area contributed by atoms with Crippen LogP contribution in [-0.4, -0.2) is 14.8 Å². The molecule has 1 N–H and O–H groups in total. The highest BCUT2D eigenvalue weighted by Crippen LogP contribution is 2.35. The molecule has 1 aliphatic rings. The lowest BCUT2D eigenvalue weighted by molar-refractivity contribution is 0.448. The normalized spacial score (nSPS) is 16.8. The molecule has 5 nitrogen and oxygen atoms in total. The molecule has 7 heteroatoms. The first-order valence-corrected chi connectivity index (χ1v) is 7.35. The van der Waals surface area contributed by atoms with E-state index >= 15 is 0 Å². The SMILES string of the molecule is Clc1ccc(C2=C[C@@H](c3ccco3)n3ncnc3N2)c(Cl)c1. The standard InChI is InChI=1S/C15H10Cl2N4O/c16-9-3-4-10(11(17)6-9)12-7-13(14-2-1-5-22-14)21-15(20-12)18-8-19-21/h1-8,13H,(H,18,19,20)/t13-/m0/s1. The quantitative estimate of drug-likeness (QED) is 0.762. The minimum atomic E-state index is -0.185. The number of nitrogens with zero attached hydrogens (tertiary/aromatic N) is 3. The van der Waals surface area contributed by atoms with Crippen LogP contribution in [0.3, 0.4) is 0 Å².